The molecule has 1 heteroatoms. The van der Waals surface area contributed by atoms with Crippen molar-refractivity contribution in [2.45, 2.75) is 90.3 Å². The van der Waals surface area contributed by atoms with Gasteiger partial charge in [0.25, 0.3) is 0 Å². The summed E-state index contributed by atoms with van der Waals surface area (Å²) in [6.45, 7) is 4.53. The van der Waals surface area contributed by atoms with E-state index in [0.717, 1.165) is 0 Å². The minimum atomic E-state index is 0.600. The minimum Gasteiger partial charge on any atom is -0.375 e. The van der Waals surface area contributed by atoms with Gasteiger partial charge in [-0.15, -0.1) is 0 Å². The molecule has 0 unspecified atom stereocenters. The van der Waals surface area contributed by atoms with Crippen LogP contribution in [0.3, 0.4) is 0 Å². The van der Waals surface area contributed by atoms with Crippen molar-refractivity contribution in [1.82, 2.24) is 0 Å². The van der Waals surface area contributed by atoms with Crippen LogP contribution in [0.2, 0.25) is 0 Å². The minimum absolute atomic E-state index is 0.600. The molecule has 1 rings (SSSR count). The Balaban J connectivity index is 1.99. The van der Waals surface area contributed by atoms with E-state index >= 15 is 0 Å². The van der Waals surface area contributed by atoms with Crippen molar-refractivity contribution in [3.05, 3.63) is 0 Å². The van der Waals surface area contributed by atoms with Crippen LogP contribution in [0.1, 0.15) is 78.1 Å². The Labute approximate surface area is 95.6 Å². The second-order valence-electron chi connectivity index (χ2n) is 4.95. The highest BCUT2D eigenvalue weighted by Crippen LogP contribution is 2.26. The molecule has 1 aliphatic rings. The predicted molar refractivity (Wildman–Crippen MR) is 66.2 cm³/mol. The first-order valence-corrected chi connectivity index (χ1v) is 7.02. The lowest BCUT2D eigenvalue weighted by molar-refractivity contribution is 0.0336. The van der Waals surface area contributed by atoms with Crippen LogP contribution in [0.5, 0.6) is 0 Å². The highest BCUT2D eigenvalue weighted by molar-refractivity contribution is 4.73. The van der Waals surface area contributed by atoms with Crippen molar-refractivity contribution in [2.75, 3.05) is 0 Å². The molecule has 0 aromatic heterocycles. The standard InChI is InChI=1S/C14H28O/c1-3-5-7-9-13-11-12-14(15-13)10-8-6-4-2/h13-14H,3-12H2,1-2H3/t13-,14-/m1/s1. The molecule has 0 spiro atoms. The van der Waals surface area contributed by atoms with E-state index in [2.05, 4.69) is 13.8 Å². The van der Waals surface area contributed by atoms with Gasteiger partial charge in [-0.25, -0.2) is 0 Å². The summed E-state index contributed by atoms with van der Waals surface area (Å²) < 4.78 is 6.05. The van der Waals surface area contributed by atoms with Crippen molar-refractivity contribution < 1.29 is 4.74 Å². The Morgan fingerprint density at radius 3 is 1.67 bits per heavy atom. The van der Waals surface area contributed by atoms with Gasteiger partial charge in [-0.2, -0.15) is 0 Å². The molecule has 1 nitrogen and oxygen atoms in total. The van der Waals surface area contributed by atoms with Gasteiger partial charge in [-0.1, -0.05) is 52.4 Å². The van der Waals surface area contributed by atoms with Crippen LogP contribution in [0, 0.1) is 0 Å². The van der Waals surface area contributed by atoms with E-state index in [-0.39, 0.29) is 0 Å². The summed E-state index contributed by atoms with van der Waals surface area (Å²) in [6.07, 6.45) is 14.6. The number of hydrogen-bond acceptors (Lipinski definition) is 1. The molecule has 1 heterocycles. The molecule has 0 bridgehead atoms. The first kappa shape index (κ1) is 13.0. The molecular weight excluding hydrogens is 184 g/mol. The maximum absolute atomic E-state index is 6.05. The fourth-order valence-electron chi connectivity index (χ4n) is 2.45. The van der Waals surface area contributed by atoms with Gasteiger partial charge in [0.2, 0.25) is 0 Å². The molecule has 0 aromatic carbocycles. The monoisotopic (exact) mass is 212 g/mol. The fraction of sp³-hybridized carbons (Fsp3) is 1.00. The third-order valence-electron chi connectivity index (χ3n) is 3.45. The zero-order valence-electron chi connectivity index (χ0n) is 10.6. The molecule has 0 aliphatic carbocycles. The van der Waals surface area contributed by atoms with Gasteiger partial charge in [0.15, 0.2) is 0 Å². The average molecular weight is 212 g/mol. The van der Waals surface area contributed by atoms with Crippen LogP contribution < -0.4 is 0 Å². The molecule has 0 amide bonds. The van der Waals surface area contributed by atoms with Crippen molar-refractivity contribution in [3.8, 4) is 0 Å². The number of rotatable bonds is 8. The Hall–Kier alpha value is -0.0400. The van der Waals surface area contributed by atoms with E-state index in [9.17, 15) is 0 Å². The van der Waals surface area contributed by atoms with Crippen LogP contribution in [-0.2, 0) is 4.74 Å². The van der Waals surface area contributed by atoms with E-state index in [1.807, 2.05) is 0 Å². The number of ether oxygens (including phenoxy) is 1. The third-order valence-corrected chi connectivity index (χ3v) is 3.45. The van der Waals surface area contributed by atoms with Gasteiger partial charge < -0.3 is 4.74 Å². The van der Waals surface area contributed by atoms with Gasteiger partial charge in [-0.05, 0) is 25.7 Å². The molecule has 0 N–H and O–H groups in total. The second-order valence-corrected chi connectivity index (χ2v) is 4.95. The zero-order valence-corrected chi connectivity index (χ0v) is 10.6. The van der Waals surface area contributed by atoms with Crippen molar-refractivity contribution >= 4 is 0 Å². The normalized spacial score (nSPS) is 26.0. The largest absolute Gasteiger partial charge is 0.375 e. The number of unbranched alkanes of at least 4 members (excludes halogenated alkanes) is 4. The lowest BCUT2D eigenvalue weighted by atomic mass is 10.1. The van der Waals surface area contributed by atoms with E-state index in [1.54, 1.807) is 0 Å². The molecule has 0 aromatic rings. The summed E-state index contributed by atoms with van der Waals surface area (Å²) in [5, 5.41) is 0. The lowest BCUT2D eigenvalue weighted by Gasteiger charge is -2.13. The fourth-order valence-corrected chi connectivity index (χ4v) is 2.45. The van der Waals surface area contributed by atoms with Crippen LogP contribution in [-0.4, -0.2) is 12.2 Å². The SMILES string of the molecule is CCCCC[C@@H]1CC[C@@H](CCCCC)O1. The summed E-state index contributed by atoms with van der Waals surface area (Å²) in [6, 6.07) is 0. The van der Waals surface area contributed by atoms with E-state index < -0.39 is 0 Å². The smallest absolute Gasteiger partial charge is 0.0579 e. The Bertz CT molecular complexity index is 128. The number of hydrogen-bond donors (Lipinski definition) is 0. The summed E-state index contributed by atoms with van der Waals surface area (Å²) in [7, 11) is 0. The van der Waals surface area contributed by atoms with Crippen molar-refractivity contribution in [3.63, 3.8) is 0 Å². The van der Waals surface area contributed by atoms with E-state index in [4.69, 9.17) is 4.74 Å². The summed E-state index contributed by atoms with van der Waals surface area (Å²) in [5.74, 6) is 0. The Kier molecular flexibility index (Phi) is 7.08. The first-order valence-electron chi connectivity index (χ1n) is 7.02. The van der Waals surface area contributed by atoms with Gasteiger partial charge in [0.1, 0.15) is 0 Å². The van der Waals surface area contributed by atoms with Crippen LogP contribution in [0.4, 0.5) is 0 Å². The Morgan fingerprint density at radius 2 is 1.27 bits per heavy atom. The van der Waals surface area contributed by atoms with Crippen molar-refractivity contribution in [1.29, 1.82) is 0 Å². The van der Waals surface area contributed by atoms with E-state index in [1.165, 1.54) is 64.2 Å². The van der Waals surface area contributed by atoms with Gasteiger partial charge in [0, 0.05) is 0 Å². The summed E-state index contributed by atoms with van der Waals surface area (Å²) >= 11 is 0. The molecule has 0 saturated carbocycles. The molecule has 15 heavy (non-hydrogen) atoms. The van der Waals surface area contributed by atoms with Crippen molar-refractivity contribution in [2.24, 2.45) is 0 Å². The molecule has 2 atom stereocenters. The van der Waals surface area contributed by atoms with E-state index in [0.29, 0.717) is 12.2 Å². The van der Waals surface area contributed by atoms with Gasteiger partial charge >= 0.3 is 0 Å². The first-order chi connectivity index (χ1) is 7.36. The van der Waals surface area contributed by atoms with Crippen LogP contribution in [0.15, 0.2) is 0 Å². The highest BCUT2D eigenvalue weighted by atomic mass is 16.5. The molecule has 1 aliphatic heterocycles. The third kappa shape index (κ3) is 5.55. The van der Waals surface area contributed by atoms with Crippen LogP contribution >= 0.6 is 0 Å². The molecule has 1 saturated heterocycles. The maximum Gasteiger partial charge on any atom is 0.0579 e. The average Bonchev–Trinajstić information content (AvgIpc) is 2.67. The molecule has 1 fully saturated rings. The second kappa shape index (κ2) is 8.15. The molecule has 90 valence electrons. The molecule has 0 radical (unpaired) electrons. The zero-order chi connectivity index (χ0) is 10.9. The quantitative estimate of drug-likeness (QED) is 0.530. The lowest BCUT2D eigenvalue weighted by Crippen LogP contribution is -2.10. The summed E-state index contributed by atoms with van der Waals surface area (Å²) in [4.78, 5) is 0. The van der Waals surface area contributed by atoms with Gasteiger partial charge in [0.05, 0.1) is 12.2 Å². The highest BCUT2D eigenvalue weighted by Gasteiger charge is 2.23. The van der Waals surface area contributed by atoms with Crippen LogP contribution in [0.25, 0.3) is 0 Å². The molecular formula is C14H28O. The van der Waals surface area contributed by atoms with Gasteiger partial charge in [-0.3, -0.25) is 0 Å². The summed E-state index contributed by atoms with van der Waals surface area (Å²) in [5.41, 5.74) is 0. The maximum atomic E-state index is 6.05. The predicted octanol–water partition coefficient (Wildman–Crippen LogP) is 4.69. The topological polar surface area (TPSA) is 9.23 Å². The Morgan fingerprint density at radius 1 is 0.800 bits per heavy atom.